The molecule has 2 aromatic carbocycles. The summed E-state index contributed by atoms with van der Waals surface area (Å²) in [5.41, 5.74) is 4.30. The highest BCUT2D eigenvalue weighted by Gasteiger charge is 2.38. The number of aromatic nitrogens is 5. The van der Waals surface area contributed by atoms with Crippen molar-refractivity contribution in [2.45, 2.75) is 18.5 Å². The Morgan fingerprint density at radius 2 is 1.86 bits per heavy atom. The highest BCUT2D eigenvalue weighted by Crippen LogP contribution is 2.33. The summed E-state index contributed by atoms with van der Waals surface area (Å²) in [5, 5.41) is 12.9. The fraction of sp³-hybridized carbons (Fsp3) is 0.185. The largest absolute Gasteiger partial charge is 0.351 e. The molecule has 7 rings (SSSR count). The van der Waals surface area contributed by atoms with Crippen molar-refractivity contribution in [3.8, 4) is 16.8 Å². The van der Waals surface area contributed by atoms with Crippen LogP contribution in [0.5, 0.6) is 0 Å². The van der Waals surface area contributed by atoms with E-state index in [0.717, 1.165) is 46.9 Å². The summed E-state index contributed by atoms with van der Waals surface area (Å²) in [6.07, 6.45) is 8.09. The minimum atomic E-state index is 0.510. The van der Waals surface area contributed by atoms with Crippen LogP contribution >= 0.6 is 0 Å². The molecule has 0 amide bonds. The predicted molar refractivity (Wildman–Crippen MR) is 137 cm³/mol. The van der Waals surface area contributed by atoms with Crippen LogP contribution < -0.4 is 15.5 Å². The lowest BCUT2D eigenvalue weighted by Gasteiger charge is -2.28. The zero-order chi connectivity index (χ0) is 23.2. The van der Waals surface area contributed by atoms with Gasteiger partial charge in [-0.05, 0) is 35.7 Å². The van der Waals surface area contributed by atoms with Crippen LogP contribution in [0.1, 0.15) is 6.42 Å². The zero-order valence-corrected chi connectivity index (χ0v) is 19.0. The number of nitrogens with zero attached hydrogens (tertiary/aromatic N) is 6. The van der Waals surface area contributed by atoms with Crippen LogP contribution in [-0.4, -0.2) is 49.9 Å². The molecule has 3 aromatic heterocycles. The summed E-state index contributed by atoms with van der Waals surface area (Å²) in [4.78, 5) is 15.7. The normalized spacial score (nSPS) is 18.9. The first-order chi connectivity index (χ1) is 17.3. The third kappa shape index (κ3) is 3.59. The standard InChI is InChI=1S/C27H24N8/c1-2-4-18(5-3-1)19-6-7-23-24(12-19)35(33-27(23)32-25-16-28-10-11-29-25)21-8-9-30-26(14-21)34-17-20-13-22(34)15-31-20/h1-12,14,16,20,22,31H,13,15,17H2,(H,29,32,33)/t20-,22-/m0/s1. The van der Waals surface area contributed by atoms with Gasteiger partial charge in [0.15, 0.2) is 5.82 Å². The van der Waals surface area contributed by atoms with Gasteiger partial charge in [0, 0.05) is 55.2 Å². The third-order valence-electron chi connectivity index (χ3n) is 6.92. The first kappa shape index (κ1) is 20.1. The first-order valence-corrected chi connectivity index (χ1v) is 11.9. The molecule has 2 N–H and O–H groups in total. The van der Waals surface area contributed by atoms with Crippen molar-refractivity contribution >= 4 is 28.4 Å². The van der Waals surface area contributed by atoms with E-state index in [1.165, 1.54) is 12.0 Å². The van der Waals surface area contributed by atoms with Crippen molar-refractivity contribution in [3.63, 3.8) is 0 Å². The molecule has 8 heteroatoms. The summed E-state index contributed by atoms with van der Waals surface area (Å²) >= 11 is 0. The van der Waals surface area contributed by atoms with Crippen molar-refractivity contribution in [1.82, 2.24) is 30.0 Å². The summed E-state index contributed by atoms with van der Waals surface area (Å²) in [5.74, 6) is 2.40. The topological polar surface area (TPSA) is 83.8 Å². The fourth-order valence-electron chi connectivity index (χ4n) is 5.24. The monoisotopic (exact) mass is 460 g/mol. The van der Waals surface area contributed by atoms with Gasteiger partial charge >= 0.3 is 0 Å². The maximum absolute atomic E-state index is 4.98. The molecule has 172 valence electrons. The summed E-state index contributed by atoms with van der Waals surface area (Å²) in [6.45, 7) is 2.02. The zero-order valence-electron chi connectivity index (χ0n) is 19.0. The van der Waals surface area contributed by atoms with Crippen LogP contribution in [0.15, 0.2) is 85.5 Å². The lowest BCUT2D eigenvalue weighted by Crippen LogP contribution is -2.44. The molecule has 35 heavy (non-hydrogen) atoms. The maximum Gasteiger partial charge on any atom is 0.162 e. The van der Waals surface area contributed by atoms with Crippen molar-refractivity contribution in [2.24, 2.45) is 0 Å². The van der Waals surface area contributed by atoms with Gasteiger partial charge in [-0.3, -0.25) is 4.98 Å². The number of benzene rings is 2. The van der Waals surface area contributed by atoms with E-state index in [-0.39, 0.29) is 0 Å². The average molecular weight is 461 g/mol. The average Bonchev–Trinajstić information content (AvgIpc) is 3.65. The molecule has 0 radical (unpaired) electrons. The molecule has 8 nitrogen and oxygen atoms in total. The molecule has 2 aliphatic rings. The molecule has 2 aliphatic heterocycles. The molecule has 0 unspecified atom stereocenters. The molecule has 2 bridgehead atoms. The van der Waals surface area contributed by atoms with Crippen molar-refractivity contribution in [3.05, 3.63) is 85.5 Å². The quantitative estimate of drug-likeness (QED) is 0.407. The Kier molecular flexibility index (Phi) is 4.70. The highest BCUT2D eigenvalue weighted by atomic mass is 15.3. The van der Waals surface area contributed by atoms with E-state index in [1.807, 2.05) is 23.0 Å². The Morgan fingerprint density at radius 1 is 0.914 bits per heavy atom. The van der Waals surface area contributed by atoms with Crippen LogP contribution in [0.3, 0.4) is 0 Å². The summed E-state index contributed by atoms with van der Waals surface area (Å²) < 4.78 is 2.00. The Balaban J connectivity index is 1.35. The number of hydrogen-bond acceptors (Lipinski definition) is 7. The smallest absolute Gasteiger partial charge is 0.162 e. The Hall–Kier alpha value is -4.30. The van der Waals surface area contributed by atoms with Gasteiger partial charge in [0.25, 0.3) is 0 Å². The van der Waals surface area contributed by atoms with E-state index >= 15 is 0 Å². The Morgan fingerprint density at radius 3 is 2.66 bits per heavy atom. The third-order valence-corrected chi connectivity index (χ3v) is 6.92. The second-order valence-corrected chi connectivity index (χ2v) is 9.09. The van der Waals surface area contributed by atoms with E-state index in [0.29, 0.717) is 17.9 Å². The van der Waals surface area contributed by atoms with E-state index < -0.39 is 0 Å². The molecule has 0 saturated carbocycles. The number of fused-ring (bicyclic) bond motifs is 3. The van der Waals surface area contributed by atoms with Crippen LogP contribution in [0.25, 0.3) is 27.7 Å². The SMILES string of the molecule is c1ccc(-c2ccc3c(Nc4cnccn4)nn(-c4ccnc(N5C[C@@H]6C[C@H]5CN6)c4)c3c2)cc1. The van der Waals surface area contributed by atoms with Crippen LogP contribution in [-0.2, 0) is 0 Å². The summed E-state index contributed by atoms with van der Waals surface area (Å²) in [7, 11) is 0. The second-order valence-electron chi connectivity index (χ2n) is 9.09. The van der Waals surface area contributed by atoms with Crippen LogP contribution in [0.4, 0.5) is 17.5 Å². The molecule has 2 saturated heterocycles. The lowest BCUT2D eigenvalue weighted by molar-refractivity contribution is 0.576. The van der Waals surface area contributed by atoms with Crippen LogP contribution in [0.2, 0.25) is 0 Å². The number of hydrogen-bond donors (Lipinski definition) is 2. The highest BCUT2D eigenvalue weighted by molar-refractivity contribution is 5.95. The summed E-state index contributed by atoms with van der Waals surface area (Å²) in [6, 6.07) is 22.1. The van der Waals surface area contributed by atoms with E-state index in [4.69, 9.17) is 10.1 Å². The molecule has 0 spiro atoms. The maximum atomic E-state index is 4.98. The number of pyridine rings is 1. The predicted octanol–water partition coefficient (Wildman–Crippen LogP) is 4.17. The number of anilines is 3. The molecule has 5 heterocycles. The van der Waals surface area contributed by atoms with E-state index in [2.05, 4.69) is 74.0 Å². The van der Waals surface area contributed by atoms with Gasteiger partial charge in [-0.1, -0.05) is 36.4 Å². The van der Waals surface area contributed by atoms with Gasteiger partial charge in [-0.2, -0.15) is 0 Å². The van der Waals surface area contributed by atoms with Gasteiger partial charge < -0.3 is 15.5 Å². The first-order valence-electron chi connectivity index (χ1n) is 11.9. The van der Waals surface area contributed by atoms with Gasteiger partial charge in [0.05, 0.1) is 17.4 Å². The van der Waals surface area contributed by atoms with Crippen molar-refractivity contribution < 1.29 is 0 Å². The van der Waals surface area contributed by atoms with E-state index in [1.54, 1.807) is 18.6 Å². The number of piperazine rings is 1. The molecular formula is C27H24N8. The van der Waals surface area contributed by atoms with Gasteiger partial charge in [-0.15, -0.1) is 5.10 Å². The van der Waals surface area contributed by atoms with Gasteiger partial charge in [0.2, 0.25) is 0 Å². The lowest BCUT2D eigenvalue weighted by atomic mass is 10.0. The Labute approximate surface area is 202 Å². The van der Waals surface area contributed by atoms with E-state index in [9.17, 15) is 0 Å². The van der Waals surface area contributed by atoms with Crippen LogP contribution in [0, 0.1) is 0 Å². The van der Waals surface area contributed by atoms with Crippen molar-refractivity contribution in [1.29, 1.82) is 0 Å². The fourth-order valence-corrected chi connectivity index (χ4v) is 5.24. The minimum Gasteiger partial charge on any atom is -0.351 e. The second kappa shape index (κ2) is 8.18. The van der Waals surface area contributed by atoms with Gasteiger partial charge in [0.1, 0.15) is 11.6 Å². The molecule has 0 aliphatic carbocycles. The minimum absolute atomic E-state index is 0.510. The van der Waals surface area contributed by atoms with Gasteiger partial charge in [-0.25, -0.2) is 14.6 Å². The number of rotatable bonds is 5. The Bertz CT molecular complexity index is 1500. The molecule has 5 aromatic rings. The molecule has 2 fully saturated rings. The molecular weight excluding hydrogens is 436 g/mol. The van der Waals surface area contributed by atoms with Crippen molar-refractivity contribution in [2.75, 3.05) is 23.3 Å². The number of nitrogens with one attached hydrogen (secondary N) is 2. The molecule has 2 atom stereocenters.